The normalized spacial score (nSPS) is 27.5. The largest absolute Gasteiger partial charge is 0.444 e. The molecule has 5 nitrogen and oxygen atoms in total. The Labute approximate surface area is 106 Å². The van der Waals surface area contributed by atoms with E-state index >= 15 is 0 Å². The monoisotopic (exact) mass is 260 g/mol. The number of carbonyl (C=O) groups excluding carboxylic acids is 1. The number of hydrogen-bond acceptors (Lipinski definition) is 4. The van der Waals surface area contributed by atoms with Gasteiger partial charge in [-0.15, -0.1) is 11.6 Å². The van der Waals surface area contributed by atoms with Gasteiger partial charge in [0.05, 0.1) is 24.1 Å². The zero-order valence-electron chi connectivity index (χ0n) is 10.3. The molecule has 2 atom stereocenters. The number of carbonyl (C=O) groups is 1. The minimum atomic E-state index is -0.473. The average Bonchev–Trinajstić information content (AvgIpc) is 2.72. The van der Waals surface area contributed by atoms with Crippen LogP contribution in [0.15, 0.2) is 5.16 Å². The molecule has 1 amide bonds. The smallest absolute Gasteiger partial charge is 0.410 e. The van der Waals surface area contributed by atoms with Gasteiger partial charge in [0.15, 0.2) is 6.10 Å². The van der Waals surface area contributed by atoms with Crippen molar-refractivity contribution in [2.45, 2.75) is 32.5 Å². The lowest BCUT2D eigenvalue weighted by Gasteiger charge is -2.24. The summed E-state index contributed by atoms with van der Waals surface area (Å²) in [5.41, 5.74) is 0.349. The molecule has 0 aromatic carbocycles. The van der Waals surface area contributed by atoms with Gasteiger partial charge in [0.1, 0.15) is 5.60 Å². The Morgan fingerprint density at radius 1 is 1.59 bits per heavy atom. The van der Waals surface area contributed by atoms with Crippen LogP contribution in [0.4, 0.5) is 4.79 Å². The zero-order chi connectivity index (χ0) is 12.6. The number of ether oxygens (including phenoxy) is 1. The predicted octanol–water partition coefficient (Wildman–Crippen LogP) is 1.85. The molecule has 2 rings (SSSR count). The molecule has 0 radical (unpaired) electrons. The third-order valence-electron chi connectivity index (χ3n) is 2.79. The number of nitrogens with zero attached hydrogens (tertiary/aromatic N) is 2. The van der Waals surface area contributed by atoms with E-state index in [-0.39, 0.29) is 18.1 Å². The van der Waals surface area contributed by atoms with Crippen LogP contribution in [0.1, 0.15) is 20.8 Å². The summed E-state index contributed by atoms with van der Waals surface area (Å²) < 4.78 is 5.31. The second-order valence-electron chi connectivity index (χ2n) is 5.35. The van der Waals surface area contributed by atoms with Crippen molar-refractivity contribution in [2.75, 3.05) is 19.0 Å². The Bertz CT molecular complexity index is 351. The molecule has 2 aliphatic rings. The molecule has 0 bridgehead atoms. The Kier molecular flexibility index (Phi) is 3.21. The van der Waals surface area contributed by atoms with Gasteiger partial charge in [0.2, 0.25) is 0 Å². The van der Waals surface area contributed by atoms with Gasteiger partial charge in [-0.25, -0.2) is 4.79 Å². The van der Waals surface area contributed by atoms with E-state index in [0.29, 0.717) is 19.0 Å². The number of hydrogen-bond donors (Lipinski definition) is 0. The van der Waals surface area contributed by atoms with E-state index in [1.165, 1.54) is 0 Å². The third kappa shape index (κ3) is 2.65. The highest BCUT2D eigenvalue weighted by atomic mass is 35.5. The standard InChI is InChI=1S/C11H17ClN2O3/c1-11(2,3)16-10(15)14-5-7-8(4-12)13-17-9(7)6-14/h7,9H,4-6H2,1-3H3/t7-,9-/m0/s1. The van der Waals surface area contributed by atoms with Gasteiger partial charge < -0.3 is 14.5 Å². The van der Waals surface area contributed by atoms with Crippen molar-refractivity contribution in [2.24, 2.45) is 11.1 Å². The molecule has 0 unspecified atom stereocenters. The molecule has 1 saturated heterocycles. The number of fused-ring (bicyclic) bond motifs is 1. The molecule has 0 aromatic heterocycles. The van der Waals surface area contributed by atoms with E-state index in [4.69, 9.17) is 21.2 Å². The van der Waals surface area contributed by atoms with Gasteiger partial charge in [0.25, 0.3) is 0 Å². The highest BCUT2D eigenvalue weighted by molar-refractivity contribution is 6.29. The molecule has 2 heterocycles. The van der Waals surface area contributed by atoms with Crippen molar-refractivity contribution in [1.82, 2.24) is 4.90 Å². The van der Waals surface area contributed by atoms with Crippen LogP contribution < -0.4 is 0 Å². The minimum absolute atomic E-state index is 0.0590. The molecular weight excluding hydrogens is 244 g/mol. The number of amides is 1. The van der Waals surface area contributed by atoms with E-state index in [1.807, 2.05) is 20.8 Å². The molecule has 0 aliphatic carbocycles. The van der Waals surface area contributed by atoms with E-state index in [2.05, 4.69) is 5.16 Å². The fraction of sp³-hybridized carbons (Fsp3) is 0.818. The predicted molar refractivity (Wildman–Crippen MR) is 64.3 cm³/mol. The van der Waals surface area contributed by atoms with Crippen molar-refractivity contribution in [1.29, 1.82) is 0 Å². The zero-order valence-corrected chi connectivity index (χ0v) is 11.0. The van der Waals surface area contributed by atoms with Crippen LogP contribution in [-0.2, 0) is 9.57 Å². The second kappa shape index (κ2) is 4.37. The fourth-order valence-electron chi connectivity index (χ4n) is 2.00. The molecule has 0 spiro atoms. The number of likely N-dealkylation sites (tertiary alicyclic amines) is 1. The molecule has 1 fully saturated rings. The van der Waals surface area contributed by atoms with Crippen LogP contribution in [0.2, 0.25) is 0 Å². The van der Waals surface area contributed by atoms with Crippen LogP contribution in [0.25, 0.3) is 0 Å². The van der Waals surface area contributed by atoms with Crippen LogP contribution in [0.3, 0.4) is 0 Å². The van der Waals surface area contributed by atoms with E-state index in [9.17, 15) is 4.79 Å². The number of rotatable bonds is 1. The first-order valence-electron chi connectivity index (χ1n) is 5.67. The molecular formula is C11H17ClN2O3. The number of halogens is 1. The molecule has 96 valence electrons. The van der Waals surface area contributed by atoms with Crippen molar-refractivity contribution < 1.29 is 14.4 Å². The summed E-state index contributed by atoms with van der Waals surface area (Å²) >= 11 is 5.76. The molecule has 6 heteroatoms. The summed E-state index contributed by atoms with van der Waals surface area (Å²) in [6.07, 6.45) is -0.360. The van der Waals surface area contributed by atoms with Crippen LogP contribution in [0, 0.1) is 5.92 Å². The van der Waals surface area contributed by atoms with Crippen molar-refractivity contribution >= 4 is 23.4 Å². The first kappa shape index (κ1) is 12.5. The summed E-state index contributed by atoms with van der Waals surface area (Å²) in [5.74, 6) is 0.476. The number of alkyl halides is 1. The number of oxime groups is 1. The lowest BCUT2D eigenvalue weighted by atomic mass is 10.0. The molecule has 0 saturated carbocycles. The first-order valence-corrected chi connectivity index (χ1v) is 6.20. The topological polar surface area (TPSA) is 51.1 Å². The van der Waals surface area contributed by atoms with Gasteiger partial charge in [-0.3, -0.25) is 0 Å². The summed E-state index contributed by atoms with van der Waals surface area (Å²) in [7, 11) is 0. The van der Waals surface area contributed by atoms with E-state index in [1.54, 1.807) is 4.90 Å². The first-order chi connectivity index (χ1) is 7.90. The third-order valence-corrected chi connectivity index (χ3v) is 3.06. The summed E-state index contributed by atoms with van der Waals surface area (Å²) in [5, 5.41) is 3.91. The van der Waals surface area contributed by atoms with Gasteiger partial charge in [-0.1, -0.05) is 5.16 Å². The summed E-state index contributed by atoms with van der Waals surface area (Å²) in [4.78, 5) is 18.8. The van der Waals surface area contributed by atoms with Crippen LogP contribution in [-0.4, -0.2) is 47.4 Å². The summed E-state index contributed by atoms with van der Waals surface area (Å²) in [6, 6.07) is 0. The van der Waals surface area contributed by atoms with E-state index < -0.39 is 5.60 Å². The second-order valence-corrected chi connectivity index (χ2v) is 5.62. The van der Waals surface area contributed by atoms with Gasteiger partial charge in [-0.05, 0) is 20.8 Å². The average molecular weight is 261 g/mol. The lowest BCUT2D eigenvalue weighted by molar-refractivity contribution is 0.0228. The molecule has 2 aliphatic heterocycles. The van der Waals surface area contributed by atoms with Crippen molar-refractivity contribution in [3.8, 4) is 0 Å². The van der Waals surface area contributed by atoms with E-state index in [0.717, 1.165) is 5.71 Å². The Balaban J connectivity index is 1.95. The minimum Gasteiger partial charge on any atom is -0.444 e. The van der Waals surface area contributed by atoms with Crippen LogP contribution >= 0.6 is 11.6 Å². The Morgan fingerprint density at radius 2 is 2.29 bits per heavy atom. The SMILES string of the molecule is CC(C)(C)OC(=O)N1C[C@@H]2ON=C(CCl)[C@@H]2C1. The maximum atomic E-state index is 11.9. The highest BCUT2D eigenvalue weighted by Crippen LogP contribution is 2.28. The van der Waals surface area contributed by atoms with Crippen molar-refractivity contribution in [3.05, 3.63) is 0 Å². The fourth-order valence-corrected chi connectivity index (χ4v) is 2.25. The van der Waals surface area contributed by atoms with Crippen LogP contribution in [0.5, 0.6) is 0 Å². The van der Waals surface area contributed by atoms with Crippen molar-refractivity contribution in [3.63, 3.8) is 0 Å². The Morgan fingerprint density at radius 3 is 2.88 bits per heavy atom. The lowest BCUT2D eigenvalue weighted by Crippen LogP contribution is -2.36. The van der Waals surface area contributed by atoms with Gasteiger partial charge in [0, 0.05) is 6.54 Å². The Hall–Kier alpha value is -0.970. The maximum absolute atomic E-state index is 11.9. The molecule has 0 aromatic rings. The summed E-state index contributed by atoms with van der Waals surface area (Å²) in [6.45, 7) is 6.65. The molecule has 17 heavy (non-hydrogen) atoms. The maximum Gasteiger partial charge on any atom is 0.410 e. The molecule has 0 N–H and O–H groups in total. The highest BCUT2D eigenvalue weighted by Gasteiger charge is 2.44. The van der Waals surface area contributed by atoms with Gasteiger partial charge in [-0.2, -0.15) is 0 Å². The quantitative estimate of drug-likeness (QED) is 0.676. The van der Waals surface area contributed by atoms with Gasteiger partial charge >= 0.3 is 6.09 Å².